The number of methoxy groups -OCH3 is 1. The van der Waals surface area contributed by atoms with Crippen molar-refractivity contribution in [3.8, 4) is 17.5 Å². The van der Waals surface area contributed by atoms with Gasteiger partial charge in [-0.2, -0.15) is 4.98 Å². The van der Waals surface area contributed by atoms with E-state index in [1.165, 1.54) is 25.4 Å². The number of nitrogens with one attached hydrogen (secondary N) is 1. The minimum absolute atomic E-state index is 0.0176. The molecule has 1 aromatic carbocycles. The first-order valence-corrected chi connectivity index (χ1v) is 13.0. The minimum Gasteiger partial charge on any atom is -0.475 e. The van der Waals surface area contributed by atoms with Crippen molar-refractivity contribution in [2.75, 3.05) is 45.7 Å². The largest absolute Gasteiger partial charge is 0.475 e. The fourth-order valence-corrected chi connectivity index (χ4v) is 3.97. The van der Waals surface area contributed by atoms with Crippen LogP contribution in [0.2, 0.25) is 0 Å². The average Bonchev–Trinajstić information content (AvgIpc) is 2.94. The summed E-state index contributed by atoms with van der Waals surface area (Å²) in [6, 6.07) is 13.1. The number of pyridine rings is 2. The van der Waals surface area contributed by atoms with Crippen LogP contribution < -0.4 is 14.8 Å². The average molecular weight is 548 g/mol. The summed E-state index contributed by atoms with van der Waals surface area (Å²) in [4.78, 5) is 50.0. The smallest absolute Gasteiger partial charge is 0.310 e. The van der Waals surface area contributed by atoms with Crippen LogP contribution in [0.5, 0.6) is 17.5 Å². The van der Waals surface area contributed by atoms with Crippen molar-refractivity contribution in [1.29, 1.82) is 0 Å². The molecule has 4 rings (SSSR count). The first-order valence-electron chi connectivity index (χ1n) is 13.0. The number of nitrogens with zero attached hydrogens (tertiary/aromatic N) is 4. The quantitative estimate of drug-likeness (QED) is 0.402. The van der Waals surface area contributed by atoms with Crippen LogP contribution in [0, 0.1) is 0 Å². The number of carbonyl (C=O) groups excluding carboxylic acids is 3. The molecule has 1 aliphatic heterocycles. The number of benzene rings is 1. The zero-order valence-electron chi connectivity index (χ0n) is 23.0. The van der Waals surface area contributed by atoms with Gasteiger partial charge >= 0.3 is 5.97 Å². The van der Waals surface area contributed by atoms with E-state index in [9.17, 15) is 14.4 Å². The van der Waals surface area contributed by atoms with Crippen LogP contribution in [-0.2, 0) is 16.0 Å². The van der Waals surface area contributed by atoms with E-state index >= 15 is 0 Å². The number of rotatable bonds is 9. The van der Waals surface area contributed by atoms with Crippen LogP contribution in [0.15, 0.2) is 54.7 Å². The van der Waals surface area contributed by atoms with E-state index in [4.69, 9.17) is 9.47 Å². The molecule has 1 fully saturated rings. The van der Waals surface area contributed by atoms with Crippen molar-refractivity contribution in [3.63, 3.8) is 0 Å². The van der Waals surface area contributed by atoms with Gasteiger partial charge in [-0.05, 0) is 56.8 Å². The van der Waals surface area contributed by atoms with Gasteiger partial charge in [-0.15, -0.1) is 0 Å². The molecule has 1 N–H and O–H groups in total. The molecule has 0 radical (unpaired) electrons. The molecule has 40 heavy (non-hydrogen) atoms. The third kappa shape index (κ3) is 7.76. The van der Waals surface area contributed by atoms with E-state index in [0.717, 1.165) is 13.1 Å². The van der Waals surface area contributed by atoms with E-state index in [1.54, 1.807) is 36.4 Å². The van der Waals surface area contributed by atoms with Gasteiger partial charge in [0.15, 0.2) is 0 Å². The van der Waals surface area contributed by atoms with E-state index in [1.807, 2.05) is 25.8 Å². The van der Waals surface area contributed by atoms with Gasteiger partial charge < -0.3 is 29.3 Å². The predicted octanol–water partition coefficient (Wildman–Crippen LogP) is 3.41. The molecule has 2 aromatic heterocycles. The highest BCUT2D eigenvalue weighted by atomic mass is 16.5. The summed E-state index contributed by atoms with van der Waals surface area (Å²) in [5.41, 5.74) is 1.49. The second kappa shape index (κ2) is 13.0. The van der Waals surface area contributed by atoms with Crippen molar-refractivity contribution in [3.05, 3.63) is 71.4 Å². The fraction of sp³-hybridized carbons (Fsp3) is 0.345. The Kier molecular flexibility index (Phi) is 9.28. The Morgan fingerprint density at radius 3 is 2.27 bits per heavy atom. The van der Waals surface area contributed by atoms with Crippen LogP contribution in [0.25, 0.3) is 0 Å². The van der Waals surface area contributed by atoms with Gasteiger partial charge in [0.25, 0.3) is 11.8 Å². The lowest BCUT2D eigenvalue weighted by Crippen LogP contribution is -2.47. The van der Waals surface area contributed by atoms with Gasteiger partial charge in [0.2, 0.25) is 11.8 Å². The summed E-state index contributed by atoms with van der Waals surface area (Å²) < 4.78 is 16.3. The molecule has 1 aliphatic rings. The molecule has 11 nitrogen and oxygen atoms in total. The Morgan fingerprint density at radius 1 is 0.950 bits per heavy atom. The molecule has 0 bridgehead atoms. The molecule has 0 spiro atoms. The Balaban J connectivity index is 1.47. The molecule has 3 heterocycles. The van der Waals surface area contributed by atoms with Crippen LogP contribution in [0.4, 0.5) is 5.82 Å². The molecule has 0 aliphatic carbocycles. The molecular weight excluding hydrogens is 514 g/mol. The summed E-state index contributed by atoms with van der Waals surface area (Å²) in [5.74, 6) is 0.307. The minimum atomic E-state index is -0.442. The molecule has 0 unspecified atom stereocenters. The summed E-state index contributed by atoms with van der Waals surface area (Å²) in [5, 5.41) is 2.73. The van der Waals surface area contributed by atoms with Gasteiger partial charge in [0.1, 0.15) is 11.6 Å². The predicted molar refractivity (Wildman–Crippen MR) is 148 cm³/mol. The second-order valence-electron chi connectivity index (χ2n) is 9.68. The molecule has 11 heteroatoms. The lowest BCUT2D eigenvalue weighted by Gasteiger charge is -2.32. The van der Waals surface area contributed by atoms with Crippen LogP contribution in [0.1, 0.15) is 40.1 Å². The third-order valence-corrected chi connectivity index (χ3v) is 6.15. The topological polar surface area (TPSA) is 123 Å². The fourth-order valence-electron chi connectivity index (χ4n) is 3.97. The number of hydrogen-bond acceptors (Lipinski definition) is 9. The lowest BCUT2D eigenvalue weighted by atomic mass is 10.1. The molecule has 0 saturated carbocycles. The molecule has 3 aromatic rings. The van der Waals surface area contributed by atoms with Crippen molar-refractivity contribution >= 4 is 23.6 Å². The maximum absolute atomic E-state index is 13.0. The number of piperazine rings is 1. The molecule has 1 saturated heterocycles. The highest BCUT2D eigenvalue weighted by molar-refractivity contribution is 6.04. The van der Waals surface area contributed by atoms with Gasteiger partial charge in [-0.25, -0.2) is 4.98 Å². The van der Waals surface area contributed by atoms with E-state index in [0.29, 0.717) is 35.8 Å². The van der Waals surface area contributed by atoms with Crippen molar-refractivity contribution < 1.29 is 28.6 Å². The summed E-state index contributed by atoms with van der Waals surface area (Å²) >= 11 is 0. The van der Waals surface area contributed by atoms with Crippen LogP contribution >= 0.6 is 0 Å². The number of hydrogen-bond donors (Lipinski definition) is 1. The Labute approximate surface area is 233 Å². The standard InChI is InChI=1S/C29H33N5O6/c1-19(2)39-25-16-22(28(36)31-24-10-5-20(18-30-24)15-27(35)38-4)17-26(32-25)40-23-8-6-21(7-9-23)29(37)34-13-11-33(3)12-14-34/h5-10,16-19H,11-15H2,1-4H3,(H,30,31,36). The van der Waals surface area contributed by atoms with Gasteiger partial charge in [-0.1, -0.05) is 6.07 Å². The normalized spacial score (nSPS) is 13.6. The Hall–Kier alpha value is -4.51. The van der Waals surface area contributed by atoms with E-state index in [2.05, 4.69) is 24.9 Å². The number of esters is 1. The van der Waals surface area contributed by atoms with E-state index in [-0.39, 0.29) is 41.7 Å². The number of ether oxygens (including phenoxy) is 3. The number of amides is 2. The maximum atomic E-state index is 13.0. The number of anilines is 1. The van der Waals surface area contributed by atoms with Gasteiger partial charge in [-0.3, -0.25) is 14.4 Å². The molecular formula is C29H33N5O6. The van der Waals surface area contributed by atoms with Crippen molar-refractivity contribution in [2.45, 2.75) is 26.4 Å². The SMILES string of the molecule is COC(=O)Cc1ccc(NC(=O)c2cc(Oc3ccc(C(=O)N4CCN(C)CC4)cc3)nc(OC(C)C)c2)nc1. The Morgan fingerprint density at radius 2 is 1.65 bits per heavy atom. The maximum Gasteiger partial charge on any atom is 0.310 e. The molecule has 2 amide bonds. The second-order valence-corrected chi connectivity index (χ2v) is 9.68. The zero-order chi connectivity index (χ0) is 28.6. The summed E-state index contributed by atoms with van der Waals surface area (Å²) in [6.45, 7) is 6.78. The monoisotopic (exact) mass is 547 g/mol. The highest BCUT2D eigenvalue weighted by Gasteiger charge is 2.20. The van der Waals surface area contributed by atoms with E-state index < -0.39 is 5.91 Å². The molecule has 210 valence electrons. The first kappa shape index (κ1) is 28.5. The summed E-state index contributed by atoms with van der Waals surface area (Å²) in [6.07, 6.45) is 1.41. The number of likely N-dealkylation sites (N-methyl/N-ethyl adjacent to an activating group) is 1. The van der Waals surface area contributed by atoms with Crippen molar-refractivity contribution in [1.82, 2.24) is 19.8 Å². The summed E-state index contributed by atoms with van der Waals surface area (Å²) in [7, 11) is 3.36. The molecule has 0 atom stereocenters. The number of carbonyl (C=O) groups is 3. The van der Waals surface area contributed by atoms with Gasteiger partial charge in [0, 0.05) is 50.1 Å². The van der Waals surface area contributed by atoms with Crippen molar-refractivity contribution in [2.24, 2.45) is 0 Å². The third-order valence-electron chi connectivity index (χ3n) is 6.15. The first-order chi connectivity index (χ1) is 19.2. The van der Waals surface area contributed by atoms with Crippen LogP contribution in [-0.4, -0.2) is 84.0 Å². The van der Waals surface area contributed by atoms with Gasteiger partial charge in [0.05, 0.1) is 25.2 Å². The van der Waals surface area contributed by atoms with Crippen LogP contribution in [0.3, 0.4) is 0 Å². The Bertz CT molecular complexity index is 1340. The highest BCUT2D eigenvalue weighted by Crippen LogP contribution is 2.26. The number of aromatic nitrogens is 2. The zero-order valence-corrected chi connectivity index (χ0v) is 23.0. The lowest BCUT2D eigenvalue weighted by molar-refractivity contribution is -0.139.